The van der Waals surface area contributed by atoms with E-state index in [0.717, 1.165) is 5.56 Å². The number of ether oxygens (including phenoxy) is 2. The average Bonchev–Trinajstić information content (AvgIpc) is 2.69. The van der Waals surface area contributed by atoms with Crippen molar-refractivity contribution in [2.75, 3.05) is 7.11 Å². The van der Waals surface area contributed by atoms with Crippen molar-refractivity contribution in [1.82, 2.24) is 10.6 Å². The Kier molecular flexibility index (Phi) is 6.13. The molecule has 4 amide bonds. The van der Waals surface area contributed by atoms with Crippen LogP contribution in [0.25, 0.3) is 6.08 Å². The van der Waals surface area contributed by atoms with E-state index in [9.17, 15) is 19.6 Å². The molecule has 8 nitrogen and oxygen atoms in total. The number of halogens is 1. The van der Waals surface area contributed by atoms with Gasteiger partial charge >= 0.3 is 6.03 Å². The summed E-state index contributed by atoms with van der Waals surface area (Å²) in [4.78, 5) is 35.0. The molecule has 146 valence electrons. The molecule has 2 aromatic carbocycles. The van der Waals surface area contributed by atoms with E-state index in [-0.39, 0.29) is 12.2 Å². The van der Waals surface area contributed by atoms with Gasteiger partial charge in [0.15, 0.2) is 11.5 Å². The minimum atomic E-state index is -0.856. The molecule has 0 aliphatic carbocycles. The van der Waals surface area contributed by atoms with Crippen LogP contribution >= 0.6 is 22.6 Å². The maximum absolute atomic E-state index is 11.9. The highest BCUT2D eigenvalue weighted by Gasteiger charge is 2.27. The molecule has 0 aromatic heterocycles. The predicted octanol–water partition coefficient (Wildman–Crippen LogP) is 2.50. The highest BCUT2D eigenvalue weighted by molar-refractivity contribution is 14.1. The van der Waals surface area contributed by atoms with Gasteiger partial charge in [0.05, 0.1) is 22.3 Å². The van der Waals surface area contributed by atoms with Gasteiger partial charge in [0.2, 0.25) is 0 Å². The van der Waals surface area contributed by atoms with Crippen LogP contribution in [0.5, 0.6) is 11.5 Å². The second-order valence-corrected chi connectivity index (χ2v) is 7.05. The summed E-state index contributed by atoms with van der Waals surface area (Å²) in [6.07, 6.45) is 1.36. The smallest absolute Gasteiger partial charge is 0.328 e. The molecule has 0 saturated carbocycles. The van der Waals surface area contributed by atoms with E-state index in [0.29, 0.717) is 26.2 Å². The van der Waals surface area contributed by atoms with Gasteiger partial charge < -0.3 is 9.47 Å². The van der Waals surface area contributed by atoms with E-state index in [1.165, 1.54) is 13.2 Å². The number of benzene rings is 2. The van der Waals surface area contributed by atoms with E-state index < -0.39 is 17.8 Å². The van der Waals surface area contributed by atoms with E-state index >= 15 is 0 Å². The first kappa shape index (κ1) is 20.3. The molecular formula is C20H14IN3O5. The quantitative estimate of drug-likeness (QED) is 0.368. The van der Waals surface area contributed by atoms with Gasteiger partial charge in [0.1, 0.15) is 12.2 Å². The SMILES string of the molecule is COc1cc(C=C2C(=O)NC(=O)NC2=O)cc(I)c1OCc1ccccc1C#N. The zero-order chi connectivity index (χ0) is 21.0. The normalized spacial score (nSPS) is 13.3. The molecule has 2 N–H and O–H groups in total. The van der Waals surface area contributed by atoms with E-state index in [1.54, 1.807) is 30.3 Å². The number of carbonyl (C=O) groups excluding carboxylic acids is 3. The van der Waals surface area contributed by atoms with Crippen molar-refractivity contribution in [3.8, 4) is 17.6 Å². The van der Waals surface area contributed by atoms with E-state index in [2.05, 4.69) is 6.07 Å². The molecule has 2 aromatic rings. The van der Waals surface area contributed by atoms with Gasteiger partial charge in [-0.1, -0.05) is 18.2 Å². The number of rotatable bonds is 5. The largest absolute Gasteiger partial charge is 0.493 e. The number of nitrogens with one attached hydrogen (secondary N) is 2. The lowest BCUT2D eigenvalue weighted by Crippen LogP contribution is -2.51. The Morgan fingerprint density at radius 3 is 2.48 bits per heavy atom. The van der Waals surface area contributed by atoms with Crippen LogP contribution in [0.1, 0.15) is 16.7 Å². The summed E-state index contributed by atoms with van der Waals surface area (Å²) in [5.74, 6) is -0.691. The Morgan fingerprint density at radius 2 is 1.83 bits per heavy atom. The Balaban J connectivity index is 1.89. The van der Waals surface area contributed by atoms with Gasteiger partial charge in [-0.3, -0.25) is 20.2 Å². The van der Waals surface area contributed by atoms with Crippen LogP contribution in [-0.2, 0) is 16.2 Å². The maximum atomic E-state index is 11.9. The Hall–Kier alpha value is -3.39. The number of hydrogen-bond donors (Lipinski definition) is 2. The van der Waals surface area contributed by atoms with Crippen LogP contribution in [0, 0.1) is 14.9 Å². The third-order valence-corrected chi connectivity index (χ3v) is 4.82. The van der Waals surface area contributed by atoms with Gasteiger partial charge in [-0.15, -0.1) is 0 Å². The first-order valence-corrected chi connectivity index (χ1v) is 9.37. The van der Waals surface area contributed by atoms with E-state index in [4.69, 9.17) is 9.47 Å². The molecule has 0 atom stereocenters. The zero-order valence-corrected chi connectivity index (χ0v) is 17.3. The molecule has 1 saturated heterocycles. The van der Waals surface area contributed by atoms with Crippen LogP contribution in [-0.4, -0.2) is 25.0 Å². The lowest BCUT2D eigenvalue weighted by atomic mass is 10.1. The minimum absolute atomic E-state index is 0.170. The fourth-order valence-corrected chi connectivity index (χ4v) is 3.42. The van der Waals surface area contributed by atoms with E-state index in [1.807, 2.05) is 39.3 Å². The molecular weight excluding hydrogens is 489 g/mol. The topological polar surface area (TPSA) is 118 Å². The first-order valence-electron chi connectivity index (χ1n) is 8.29. The standard InChI is InChI=1S/C20H14IN3O5/c1-28-16-8-11(6-14-18(25)23-20(27)24-19(14)26)7-15(21)17(16)29-10-13-5-3-2-4-12(13)9-22/h2-8H,10H2,1H3,(H2,23,24,25,26,27). The van der Waals surface area contributed by atoms with Crippen molar-refractivity contribution in [1.29, 1.82) is 5.26 Å². The van der Waals surface area contributed by atoms with Crippen molar-refractivity contribution in [3.05, 3.63) is 62.2 Å². The number of methoxy groups -OCH3 is 1. The molecule has 0 unspecified atom stereocenters. The predicted molar refractivity (Wildman–Crippen MR) is 111 cm³/mol. The molecule has 0 radical (unpaired) electrons. The van der Waals surface area contributed by atoms with Gasteiger partial charge in [0, 0.05) is 5.56 Å². The summed E-state index contributed by atoms with van der Waals surface area (Å²) in [5, 5.41) is 13.2. The van der Waals surface area contributed by atoms with Gasteiger partial charge in [-0.2, -0.15) is 5.26 Å². The molecule has 1 fully saturated rings. The Bertz CT molecular complexity index is 1070. The first-order chi connectivity index (χ1) is 13.9. The third-order valence-electron chi connectivity index (χ3n) is 4.02. The fraction of sp³-hybridized carbons (Fsp3) is 0.100. The van der Waals surface area contributed by atoms with Crippen molar-refractivity contribution < 1.29 is 23.9 Å². The Labute approximate surface area is 179 Å². The van der Waals surface area contributed by atoms with Gasteiger partial charge in [-0.25, -0.2) is 4.79 Å². The molecule has 0 bridgehead atoms. The van der Waals surface area contributed by atoms with Crippen LogP contribution in [0.2, 0.25) is 0 Å². The average molecular weight is 503 g/mol. The lowest BCUT2D eigenvalue weighted by molar-refractivity contribution is -0.123. The summed E-state index contributed by atoms with van der Waals surface area (Å²) in [6, 6.07) is 11.7. The van der Waals surface area contributed by atoms with Crippen molar-refractivity contribution >= 4 is 46.5 Å². The fourth-order valence-electron chi connectivity index (χ4n) is 2.64. The molecule has 1 heterocycles. The third kappa shape index (κ3) is 4.55. The highest BCUT2D eigenvalue weighted by atomic mass is 127. The molecule has 0 spiro atoms. The number of nitrogens with zero attached hydrogens (tertiary/aromatic N) is 1. The van der Waals surface area contributed by atoms with Crippen LogP contribution in [0.4, 0.5) is 4.79 Å². The molecule has 1 aliphatic heterocycles. The summed E-state index contributed by atoms with van der Waals surface area (Å²) < 4.78 is 12.0. The number of carbonyl (C=O) groups is 3. The number of urea groups is 1. The molecule has 1 aliphatic rings. The minimum Gasteiger partial charge on any atom is -0.493 e. The number of amides is 4. The molecule has 3 rings (SSSR count). The summed E-state index contributed by atoms with van der Waals surface area (Å²) in [5.41, 5.74) is 1.58. The molecule has 29 heavy (non-hydrogen) atoms. The zero-order valence-electron chi connectivity index (χ0n) is 15.1. The summed E-state index contributed by atoms with van der Waals surface area (Å²) in [7, 11) is 1.47. The Morgan fingerprint density at radius 1 is 1.14 bits per heavy atom. The van der Waals surface area contributed by atoms with Crippen molar-refractivity contribution in [3.63, 3.8) is 0 Å². The summed E-state index contributed by atoms with van der Waals surface area (Å²) in [6.45, 7) is 0.170. The lowest BCUT2D eigenvalue weighted by Gasteiger charge is -2.16. The number of imide groups is 2. The number of barbiturate groups is 1. The van der Waals surface area contributed by atoms with Crippen LogP contribution in [0.3, 0.4) is 0 Å². The summed E-state index contributed by atoms with van der Waals surface area (Å²) >= 11 is 2.05. The van der Waals surface area contributed by atoms with Crippen molar-refractivity contribution in [2.24, 2.45) is 0 Å². The van der Waals surface area contributed by atoms with Crippen LogP contribution < -0.4 is 20.1 Å². The van der Waals surface area contributed by atoms with Crippen LogP contribution in [0.15, 0.2) is 42.0 Å². The highest BCUT2D eigenvalue weighted by Crippen LogP contribution is 2.35. The number of hydrogen-bond acceptors (Lipinski definition) is 6. The maximum Gasteiger partial charge on any atom is 0.328 e. The second kappa shape index (κ2) is 8.74. The van der Waals surface area contributed by atoms with Gasteiger partial charge in [0.25, 0.3) is 11.8 Å². The van der Waals surface area contributed by atoms with Gasteiger partial charge in [-0.05, 0) is 52.4 Å². The van der Waals surface area contributed by atoms with Crippen molar-refractivity contribution in [2.45, 2.75) is 6.61 Å². The second-order valence-electron chi connectivity index (χ2n) is 5.89. The molecule has 9 heteroatoms. The number of nitriles is 1. The monoisotopic (exact) mass is 503 g/mol.